The Hall–Kier alpha value is -2.83. The van der Waals surface area contributed by atoms with Crippen LogP contribution in [0.5, 0.6) is 5.75 Å². The van der Waals surface area contributed by atoms with Gasteiger partial charge in [-0.25, -0.2) is 4.79 Å². The third kappa shape index (κ3) is 4.57. The highest BCUT2D eigenvalue weighted by atomic mass is 16.5. The van der Waals surface area contributed by atoms with Gasteiger partial charge in [-0.1, -0.05) is 18.6 Å². The van der Waals surface area contributed by atoms with Crippen LogP contribution in [-0.2, 0) is 6.54 Å². The summed E-state index contributed by atoms with van der Waals surface area (Å²) >= 11 is 0. The van der Waals surface area contributed by atoms with Crippen molar-refractivity contribution in [2.45, 2.75) is 57.7 Å². The fourth-order valence-electron chi connectivity index (χ4n) is 5.59. The molecule has 0 unspecified atom stereocenters. The molecule has 180 valence electrons. The summed E-state index contributed by atoms with van der Waals surface area (Å²) in [6.45, 7) is 4.98. The van der Waals surface area contributed by atoms with Crippen LogP contribution in [0.3, 0.4) is 0 Å². The molecule has 0 amide bonds. The summed E-state index contributed by atoms with van der Waals surface area (Å²) < 4.78 is 5.82. The van der Waals surface area contributed by atoms with Gasteiger partial charge in [0.25, 0.3) is 0 Å². The number of carboxylic acid groups (broad SMARTS) is 1. The van der Waals surface area contributed by atoms with Crippen molar-refractivity contribution in [1.29, 1.82) is 0 Å². The standard InChI is InChI=1S/C28H35N3O3/c1-18-14-26(34-2)24(23-10-12-29-27(18)23)17-31-13-11-19(16-30-22-4-3-5-22)15-25(31)20-6-8-21(9-7-20)28(32)33/h6-10,12,14,19,22,25,29-30H,3-5,11,13,15-17H2,1-2H3,(H,32,33)/t19-,25-/m0/s1. The predicted molar refractivity (Wildman–Crippen MR) is 135 cm³/mol. The molecule has 6 heteroatoms. The second-order valence-electron chi connectivity index (χ2n) is 9.98. The van der Waals surface area contributed by atoms with Crippen molar-refractivity contribution in [2.24, 2.45) is 5.92 Å². The first-order valence-electron chi connectivity index (χ1n) is 12.5. The number of nitrogens with zero attached hydrogens (tertiary/aromatic N) is 1. The predicted octanol–water partition coefficient (Wildman–Crippen LogP) is 5.28. The Morgan fingerprint density at radius 3 is 2.68 bits per heavy atom. The van der Waals surface area contributed by atoms with Crippen molar-refractivity contribution in [2.75, 3.05) is 20.2 Å². The van der Waals surface area contributed by atoms with E-state index in [-0.39, 0.29) is 6.04 Å². The maximum absolute atomic E-state index is 11.4. The van der Waals surface area contributed by atoms with Crippen LogP contribution in [-0.4, -0.2) is 47.2 Å². The second-order valence-corrected chi connectivity index (χ2v) is 9.98. The van der Waals surface area contributed by atoms with E-state index in [0.29, 0.717) is 17.5 Å². The summed E-state index contributed by atoms with van der Waals surface area (Å²) in [7, 11) is 1.75. The summed E-state index contributed by atoms with van der Waals surface area (Å²) in [5, 5.41) is 14.3. The Morgan fingerprint density at radius 2 is 2.00 bits per heavy atom. The monoisotopic (exact) mass is 461 g/mol. The molecule has 3 aromatic rings. The molecule has 0 radical (unpaired) electrons. The molecule has 2 fully saturated rings. The summed E-state index contributed by atoms with van der Waals surface area (Å²) in [5.74, 6) is 0.667. The maximum Gasteiger partial charge on any atom is 0.335 e. The van der Waals surface area contributed by atoms with Gasteiger partial charge in [-0.3, -0.25) is 4.90 Å². The van der Waals surface area contributed by atoms with Crippen LogP contribution in [0.15, 0.2) is 42.6 Å². The number of rotatable bonds is 8. The van der Waals surface area contributed by atoms with Gasteiger partial charge in [0.05, 0.1) is 12.7 Å². The number of aromatic carboxylic acids is 1. The summed E-state index contributed by atoms with van der Waals surface area (Å²) in [4.78, 5) is 17.3. The number of nitrogens with one attached hydrogen (secondary N) is 2. The third-order valence-corrected chi connectivity index (χ3v) is 7.86. The second kappa shape index (κ2) is 9.80. The van der Waals surface area contributed by atoms with Crippen LogP contribution in [0.4, 0.5) is 0 Å². The number of likely N-dealkylation sites (tertiary alicyclic amines) is 1. The summed E-state index contributed by atoms with van der Waals surface area (Å²) in [5.41, 5.74) is 5.08. The van der Waals surface area contributed by atoms with Gasteiger partial charge in [-0.2, -0.15) is 0 Å². The zero-order valence-electron chi connectivity index (χ0n) is 20.1. The lowest BCUT2D eigenvalue weighted by atomic mass is 9.85. The van der Waals surface area contributed by atoms with Gasteiger partial charge in [-0.05, 0) is 87.0 Å². The molecule has 3 N–H and O–H groups in total. The average molecular weight is 462 g/mol. The van der Waals surface area contributed by atoms with E-state index in [2.05, 4.69) is 34.3 Å². The minimum atomic E-state index is -0.881. The molecule has 1 saturated heterocycles. The summed E-state index contributed by atoms with van der Waals surface area (Å²) in [6, 6.07) is 12.7. The molecule has 2 aromatic carbocycles. The minimum absolute atomic E-state index is 0.241. The zero-order valence-corrected chi connectivity index (χ0v) is 20.1. The van der Waals surface area contributed by atoms with E-state index in [1.807, 2.05) is 18.3 Å². The minimum Gasteiger partial charge on any atom is -0.496 e. The average Bonchev–Trinajstić information content (AvgIpc) is 3.31. The number of carbonyl (C=O) groups is 1. The maximum atomic E-state index is 11.4. The largest absolute Gasteiger partial charge is 0.496 e. The van der Waals surface area contributed by atoms with Gasteiger partial charge < -0.3 is 20.1 Å². The number of benzene rings is 2. The summed E-state index contributed by atoms with van der Waals surface area (Å²) in [6.07, 6.45) is 8.18. The number of aryl methyl sites for hydroxylation is 1. The Bertz CT molecular complexity index is 1150. The number of aromatic amines is 1. The van der Waals surface area contributed by atoms with E-state index in [0.717, 1.165) is 43.7 Å². The van der Waals surface area contributed by atoms with Crippen molar-refractivity contribution in [3.8, 4) is 5.75 Å². The Morgan fingerprint density at radius 1 is 1.21 bits per heavy atom. The molecule has 34 heavy (non-hydrogen) atoms. The quantitative estimate of drug-likeness (QED) is 0.426. The third-order valence-electron chi connectivity index (χ3n) is 7.86. The van der Waals surface area contributed by atoms with E-state index >= 15 is 0 Å². The fraction of sp³-hybridized carbons (Fsp3) is 0.464. The lowest BCUT2D eigenvalue weighted by molar-refractivity contribution is 0.0696. The van der Waals surface area contributed by atoms with Crippen LogP contribution in [0.2, 0.25) is 0 Å². The number of methoxy groups -OCH3 is 1. The van der Waals surface area contributed by atoms with Crippen LogP contribution in [0.25, 0.3) is 10.9 Å². The molecule has 5 rings (SSSR count). The Balaban J connectivity index is 1.42. The van der Waals surface area contributed by atoms with Gasteiger partial charge in [0, 0.05) is 41.3 Å². The molecule has 2 atom stereocenters. The van der Waals surface area contributed by atoms with Gasteiger partial charge in [0.1, 0.15) is 5.75 Å². The molecule has 1 aromatic heterocycles. The molecule has 6 nitrogen and oxygen atoms in total. The lowest BCUT2D eigenvalue weighted by Gasteiger charge is -2.41. The van der Waals surface area contributed by atoms with Crippen molar-refractivity contribution >= 4 is 16.9 Å². The van der Waals surface area contributed by atoms with Gasteiger partial charge >= 0.3 is 5.97 Å². The highest BCUT2D eigenvalue weighted by Gasteiger charge is 2.31. The molecule has 1 aliphatic heterocycles. The smallest absolute Gasteiger partial charge is 0.335 e. The van der Waals surface area contributed by atoms with E-state index in [9.17, 15) is 9.90 Å². The van der Waals surface area contributed by atoms with Crippen molar-refractivity contribution < 1.29 is 14.6 Å². The molecule has 2 heterocycles. The number of carboxylic acids is 1. The molecule has 0 bridgehead atoms. The number of aromatic nitrogens is 1. The van der Waals surface area contributed by atoms with Gasteiger partial charge in [-0.15, -0.1) is 0 Å². The first-order valence-corrected chi connectivity index (χ1v) is 12.5. The first kappa shape index (κ1) is 22.9. The van der Waals surface area contributed by atoms with Crippen molar-refractivity contribution in [1.82, 2.24) is 15.2 Å². The van der Waals surface area contributed by atoms with E-state index < -0.39 is 5.97 Å². The van der Waals surface area contributed by atoms with Crippen LogP contribution in [0.1, 0.15) is 65.2 Å². The molecular formula is C28H35N3O3. The van der Waals surface area contributed by atoms with Crippen LogP contribution >= 0.6 is 0 Å². The molecular weight excluding hydrogens is 426 g/mol. The van der Waals surface area contributed by atoms with E-state index in [4.69, 9.17) is 4.74 Å². The van der Waals surface area contributed by atoms with Crippen LogP contribution in [0, 0.1) is 12.8 Å². The topological polar surface area (TPSA) is 77.6 Å². The molecule has 1 saturated carbocycles. The zero-order chi connectivity index (χ0) is 23.7. The number of hydrogen-bond acceptors (Lipinski definition) is 4. The van der Waals surface area contributed by atoms with Crippen molar-refractivity contribution in [3.63, 3.8) is 0 Å². The SMILES string of the molecule is COc1cc(C)c2[nH]ccc2c1CN1CC[C@H](CNC2CCC2)C[C@H]1c1ccc(C(=O)O)cc1. The molecule has 1 aliphatic carbocycles. The first-order chi connectivity index (χ1) is 16.5. The van der Waals surface area contributed by atoms with Gasteiger partial charge in [0.2, 0.25) is 0 Å². The highest BCUT2D eigenvalue weighted by molar-refractivity contribution is 5.88. The molecule has 0 spiro atoms. The lowest BCUT2D eigenvalue weighted by Crippen LogP contribution is -2.43. The van der Waals surface area contributed by atoms with E-state index in [1.54, 1.807) is 19.2 Å². The number of piperidine rings is 1. The normalized spacial score (nSPS) is 21.5. The Kier molecular flexibility index (Phi) is 6.61. The fourth-order valence-corrected chi connectivity index (χ4v) is 5.59. The van der Waals surface area contributed by atoms with Crippen molar-refractivity contribution in [3.05, 3.63) is 64.8 Å². The van der Waals surface area contributed by atoms with Crippen LogP contribution < -0.4 is 10.1 Å². The number of hydrogen-bond donors (Lipinski definition) is 3. The number of ether oxygens (including phenoxy) is 1. The van der Waals surface area contributed by atoms with E-state index in [1.165, 1.54) is 41.3 Å². The number of fused-ring (bicyclic) bond motifs is 1. The molecule has 2 aliphatic rings. The highest BCUT2D eigenvalue weighted by Crippen LogP contribution is 2.39. The Labute approximate surface area is 201 Å². The van der Waals surface area contributed by atoms with Gasteiger partial charge in [0.15, 0.2) is 0 Å². The number of H-pyrrole nitrogens is 1.